The Morgan fingerprint density at radius 2 is 1.51 bits per heavy atom. The first-order chi connectivity index (χ1) is 27.1. The molecule has 2 aliphatic heterocycles. The average molecular weight is 923 g/mol. The average Bonchev–Trinajstić information content (AvgIpc) is 3.85. The smallest absolute Gasteiger partial charge is 0.518 e. The number of pyridine rings is 2. The minimum atomic E-state index is -0.330. The van der Waals surface area contributed by atoms with Gasteiger partial charge in [-0.1, -0.05) is 130 Å². The molecule has 5 aromatic carbocycles. The van der Waals surface area contributed by atoms with Crippen LogP contribution in [0.15, 0.2) is 145 Å². The van der Waals surface area contributed by atoms with E-state index in [4.69, 9.17) is 19.7 Å². The number of anilines is 3. The molecule has 0 amide bonds. The number of rotatable bonds is 5. The molecule has 0 saturated carbocycles. The standard InChI is InChI=1S/C50H41N5O.Pt/c1-49(2,3)35-22-24-52-47(28-35)55-43-20-11-9-17-37(43)38-29-40-46(30-45(38)55)54(44-21-12-10-18-39(44)50(40,4)5)36-26-33(41-19-13-14-23-51-41)25-34(27-36)48-53-42(31-56-48)32-15-7-6-8-16-32;/h6-26,28-29,42H,31H2,1-5H3;/q-2;+2/t42-;/m0./s1. The maximum absolute atomic E-state index is 6.36. The van der Waals surface area contributed by atoms with E-state index in [0.29, 0.717) is 12.5 Å². The quantitative estimate of drug-likeness (QED) is 0.161. The van der Waals surface area contributed by atoms with Crippen LogP contribution >= 0.6 is 0 Å². The molecule has 0 unspecified atom stereocenters. The van der Waals surface area contributed by atoms with Gasteiger partial charge in [-0.15, -0.1) is 35.2 Å². The Morgan fingerprint density at radius 1 is 0.737 bits per heavy atom. The van der Waals surface area contributed by atoms with Crippen molar-refractivity contribution in [1.82, 2.24) is 14.5 Å². The minimum Gasteiger partial charge on any atom is -0.518 e. The Kier molecular flexibility index (Phi) is 9.01. The maximum atomic E-state index is 6.36. The van der Waals surface area contributed by atoms with Crippen molar-refractivity contribution >= 4 is 44.8 Å². The van der Waals surface area contributed by atoms with E-state index in [1.54, 1.807) is 0 Å². The van der Waals surface area contributed by atoms with Gasteiger partial charge in [0.15, 0.2) is 0 Å². The van der Waals surface area contributed by atoms with Crippen molar-refractivity contribution in [2.24, 2.45) is 4.99 Å². The second-order valence-corrected chi connectivity index (χ2v) is 16.3. The number of ether oxygens (including phenoxy) is 1. The first-order valence-electron chi connectivity index (χ1n) is 19.3. The summed E-state index contributed by atoms with van der Waals surface area (Å²) in [4.78, 5) is 17.2. The monoisotopic (exact) mass is 922 g/mol. The zero-order valence-electron chi connectivity index (χ0n) is 32.5. The Morgan fingerprint density at radius 3 is 2.32 bits per heavy atom. The van der Waals surface area contributed by atoms with Crippen LogP contribution in [0, 0.1) is 12.1 Å². The van der Waals surface area contributed by atoms with Crippen molar-refractivity contribution in [2.75, 3.05) is 11.5 Å². The Balaban J connectivity index is 0.00000422. The van der Waals surface area contributed by atoms with Gasteiger partial charge in [-0.05, 0) is 75.0 Å². The van der Waals surface area contributed by atoms with Gasteiger partial charge in [0.1, 0.15) is 24.4 Å². The molecule has 282 valence electrons. The summed E-state index contributed by atoms with van der Waals surface area (Å²) >= 11 is 0. The van der Waals surface area contributed by atoms with Gasteiger partial charge in [0.2, 0.25) is 0 Å². The minimum absolute atomic E-state index is 0. The van der Waals surface area contributed by atoms with E-state index < -0.39 is 0 Å². The summed E-state index contributed by atoms with van der Waals surface area (Å²) in [5, 5.41) is 2.31. The van der Waals surface area contributed by atoms with Gasteiger partial charge in [0, 0.05) is 23.6 Å². The van der Waals surface area contributed by atoms with Crippen molar-refractivity contribution in [3.05, 3.63) is 180 Å². The Labute approximate surface area is 348 Å². The van der Waals surface area contributed by atoms with E-state index >= 15 is 0 Å². The summed E-state index contributed by atoms with van der Waals surface area (Å²) < 4.78 is 8.64. The Hall–Kier alpha value is -5.84. The Bertz CT molecular complexity index is 2840. The molecule has 57 heavy (non-hydrogen) atoms. The zero-order chi connectivity index (χ0) is 38.2. The van der Waals surface area contributed by atoms with Crippen LogP contribution in [0.2, 0.25) is 0 Å². The van der Waals surface area contributed by atoms with Gasteiger partial charge in [0.25, 0.3) is 0 Å². The van der Waals surface area contributed by atoms with Crippen molar-refractivity contribution in [3.8, 4) is 17.1 Å². The topological polar surface area (TPSA) is 55.5 Å². The molecule has 0 aliphatic carbocycles. The SMILES string of the molecule is CC(C)(C)c1ccnc(-n2c3[c-]c4c(cc3c3ccccc32)C(C)(C)c2ccccc2N4c2[c-]c(C3=N[C@H](c4ccccc4)CO3)cc(-c3ccccn3)c2)c1.[Pt+2]. The molecule has 0 fully saturated rings. The predicted molar refractivity (Wildman–Crippen MR) is 227 cm³/mol. The fourth-order valence-corrected chi connectivity index (χ4v) is 8.38. The fraction of sp³-hybridized carbons (Fsp3) is 0.180. The first-order valence-corrected chi connectivity index (χ1v) is 19.3. The molecule has 1 atom stereocenters. The second kappa shape index (κ2) is 14.0. The van der Waals surface area contributed by atoms with Gasteiger partial charge >= 0.3 is 21.1 Å². The third-order valence-electron chi connectivity index (χ3n) is 11.4. The van der Waals surface area contributed by atoms with Crippen LogP contribution in [0.4, 0.5) is 17.1 Å². The van der Waals surface area contributed by atoms with Crippen molar-refractivity contribution < 1.29 is 25.8 Å². The molecule has 3 aromatic heterocycles. The van der Waals surface area contributed by atoms with Crippen LogP contribution in [0.5, 0.6) is 0 Å². The molecule has 7 heteroatoms. The van der Waals surface area contributed by atoms with E-state index in [0.717, 1.165) is 61.7 Å². The van der Waals surface area contributed by atoms with E-state index in [-0.39, 0.29) is 37.9 Å². The number of hydrogen-bond acceptors (Lipinski definition) is 5. The molecule has 0 saturated heterocycles. The fourth-order valence-electron chi connectivity index (χ4n) is 8.38. The molecular weight excluding hydrogens is 882 g/mol. The summed E-state index contributed by atoms with van der Waals surface area (Å²) in [6.45, 7) is 11.8. The maximum Gasteiger partial charge on any atom is 2.00 e. The molecule has 0 radical (unpaired) electrons. The van der Waals surface area contributed by atoms with Crippen LogP contribution in [0.1, 0.15) is 68.5 Å². The number of benzene rings is 5. The van der Waals surface area contributed by atoms with Gasteiger partial charge in [-0.3, -0.25) is 9.98 Å². The van der Waals surface area contributed by atoms with Crippen LogP contribution in [0.3, 0.4) is 0 Å². The predicted octanol–water partition coefficient (Wildman–Crippen LogP) is 11.8. The van der Waals surface area contributed by atoms with Crippen molar-refractivity contribution in [3.63, 3.8) is 0 Å². The summed E-state index contributed by atoms with van der Waals surface area (Å²) in [6.07, 6.45) is 3.76. The van der Waals surface area contributed by atoms with Crippen LogP contribution in [-0.2, 0) is 36.6 Å². The van der Waals surface area contributed by atoms with Gasteiger partial charge in [0.05, 0.1) is 5.69 Å². The van der Waals surface area contributed by atoms with Crippen molar-refractivity contribution in [2.45, 2.75) is 51.5 Å². The van der Waals surface area contributed by atoms with Crippen LogP contribution in [-0.4, -0.2) is 27.0 Å². The van der Waals surface area contributed by atoms with Crippen molar-refractivity contribution in [1.29, 1.82) is 0 Å². The summed E-state index contributed by atoms with van der Waals surface area (Å²) in [6, 6.07) is 52.4. The second-order valence-electron chi connectivity index (χ2n) is 16.3. The number of nitrogens with zero attached hydrogens (tertiary/aromatic N) is 5. The third kappa shape index (κ3) is 6.18. The summed E-state index contributed by atoms with van der Waals surface area (Å²) in [5.74, 6) is 1.45. The van der Waals surface area contributed by atoms with E-state index in [1.165, 1.54) is 22.1 Å². The zero-order valence-corrected chi connectivity index (χ0v) is 34.8. The third-order valence-corrected chi connectivity index (χ3v) is 11.4. The summed E-state index contributed by atoms with van der Waals surface area (Å²) in [7, 11) is 0. The number of hydrogen-bond donors (Lipinski definition) is 0. The summed E-state index contributed by atoms with van der Waals surface area (Å²) in [5.41, 5.74) is 11.9. The molecular formula is C50H41N5OPt. The number of aromatic nitrogens is 3. The van der Waals surface area contributed by atoms with Gasteiger partial charge in [-0.25, -0.2) is 4.98 Å². The molecule has 0 bridgehead atoms. The number of fused-ring (bicyclic) bond motifs is 5. The van der Waals surface area contributed by atoms with Crippen LogP contribution < -0.4 is 4.90 Å². The largest absolute Gasteiger partial charge is 2.00 e. The van der Waals surface area contributed by atoms with Gasteiger partial charge < -0.3 is 14.2 Å². The molecule has 0 N–H and O–H groups in total. The normalized spacial score (nSPS) is 15.8. The van der Waals surface area contributed by atoms with Crippen LogP contribution in [0.25, 0.3) is 38.9 Å². The number of aliphatic imine (C=N–C) groups is 1. The number of para-hydroxylation sites is 2. The molecule has 2 aliphatic rings. The van der Waals surface area contributed by atoms with E-state index in [2.05, 4.69) is 147 Å². The molecule has 0 spiro atoms. The van der Waals surface area contributed by atoms with Gasteiger partial charge in [-0.2, -0.15) is 6.07 Å². The molecule has 10 rings (SSSR count). The molecule has 6 nitrogen and oxygen atoms in total. The molecule has 8 aromatic rings. The first kappa shape index (κ1) is 36.8. The van der Waals surface area contributed by atoms with E-state index in [1.807, 2.05) is 48.8 Å². The van der Waals surface area contributed by atoms with E-state index in [9.17, 15) is 0 Å². The molecule has 5 heterocycles.